The van der Waals surface area contributed by atoms with Crippen LogP contribution >= 0.6 is 11.6 Å². The summed E-state index contributed by atoms with van der Waals surface area (Å²) in [4.78, 5) is 29.0. The van der Waals surface area contributed by atoms with Gasteiger partial charge in [-0.15, -0.1) is 0 Å². The average molecular weight is 580 g/mol. The summed E-state index contributed by atoms with van der Waals surface area (Å²) < 4.78 is 97.4. The van der Waals surface area contributed by atoms with E-state index in [2.05, 4.69) is 20.6 Å². The highest BCUT2D eigenvalue weighted by atomic mass is 35.5. The van der Waals surface area contributed by atoms with Crippen LogP contribution in [0.3, 0.4) is 0 Å². The topological polar surface area (TPSA) is 79.8 Å². The Hall–Kier alpha value is -3.35. The van der Waals surface area contributed by atoms with Crippen LogP contribution in [0.5, 0.6) is 0 Å². The standard InChI is InChI=1S/C25H21ClF7N3O3/c1-11-5-12(3-4-16(11)22(38)35-15-6-13(7-15)21(37)34-2)19-10-23(39-36-19,25(31,32)33)17-8-14(24(28,29)30)9-18(26)20(17)27/h3-5,8-9,13,15H,6-7,10H2,1-2H3,(H,34,37)(H,35,38)/t13?,15?,23-/m0/s1. The SMILES string of the molecule is CNC(=O)C1CC(NC(=O)c2ccc(C3=NO[C@@](c4cc(C(F)(F)F)cc(Cl)c4F)(C(F)(F)F)C3)cc2C)C1. The maximum absolute atomic E-state index is 14.8. The molecule has 1 atom stereocenters. The van der Waals surface area contributed by atoms with Crippen molar-refractivity contribution < 1.29 is 45.2 Å². The minimum absolute atomic E-state index is 0.0149. The predicted octanol–water partition coefficient (Wildman–Crippen LogP) is 5.64. The van der Waals surface area contributed by atoms with Gasteiger partial charge in [0.25, 0.3) is 11.5 Å². The number of benzene rings is 2. The minimum Gasteiger partial charge on any atom is -0.374 e. The molecule has 39 heavy (non-hydrogen) atoms. The number of carbonyl (C=O) groups excluding carboxylic acids is 2. The molecule has 1 heterocycles. The lowest BCUT2D eigenvalue weighted by atomic mass is 9.79. The van der Waals surface area contributed by atoms with Crippen LogP contribution in [-0.2, 0) is 21.4 Å². The van der Waals surface area contributed by atoms with Gasteiger partial charge >= 0.3 is 12.4 Å². The molecular formula is C25H21ClF7N3O3. The predicted molar refractivity (Wildman–Crippen MR) is 126 cm³/mol. The number of hydrogen-bond acceptors (Lipinski definition) is 4. The molecule has 4 rings (SSSR count). The molecule has 2 aromatic rings. The third kappa shape index (κ3) is 5.28. The number of nitrogens with zero attached hydrogens (tertiary/aromatic N) is 1. The maximum Gasteiger partial charge on any atom is 0.435 e. The van der Waals surface area contributed by atoms with Crippen molar-refractivity contribution in [2.75, 3.05) is 7.05 Å². The van der Waals surface area contributed by atoms with Gasteiger partial charge in [0.2, 0.25) is 5.91 Å². The zero-order valence-corrected chi connectivity index (χ0v) is 21.1. The van der Waals surface area contributed by atoms with Crippen LogP contribution in [0, 0.1) is 18.7 Å². The molecule has 0 bridgehead atoms. The molecule has 0 aromatic heterocycles. The number of oxime groups is 1. The molecule has 2 aromatic carbocycles. The third-order valence-electron chi connectivity index (χ3n) is 6.87. The van der Waals surface area contributed by atoms with Crippen molar-refractivity contribution in [3.63, 3.8) is 0 Å². The van der Waals surface area contributed by atoms with Crippen LogP contribution < -0.4 is 10.6 Å². The first-order chi connectivity index (χ1) is 18.1. The van der Waals surface area contributed by atoms with Crippen molar-refractivity contribution in [1.82, 2.24) is 10.6 Å². The fourth-order valence-electron chi connectivity index (χ4n) is 4.60. The zero-order valence-electron chi connectivity index (χ0n) is 20.4. The van der Waals surface area contributed by atoms with E-state index in [0.29, 0.717) is 18.4 Å². The minimum atomic E-state index is -5.38. The van der Waals surface area contributed by atoms with E-state index < -0.39 is 52.2 Å². The highest BCUT2D eigenvalue weighted by Crippen LogP contribution is 2.51. The largest absolute Gasteiger partial charge is 0.435 e. The number of amides is 2. The molecule has 1 aliphatic carbocycles. The summed E-state index contributed by atoms with van der Waals surface area (Å²) in [6, 6.07) is 4.02. The molecule has 1 aliphatic heterocycles. The Kier molecular flexibility index (Phi) is 7.34. The Morgan fingerprint density at radius 2 is 1.77 bits per heavy atom. The Morgan fingerprint density at radius 3 is 2.33 bits per heavy atom. The van der Waals surface area contributed by atoms with Crippen molar-refractivity contribution in [3.8, 4) is 0 Å². The van der Waals surface area contributed by atoms with Crippen LogP contribution in [0.4, 0.5) is 30.7 Å². The first-order valence-electron chi connectivity index (χ1n) is 11.6. The summed E-state index contributed by atoms with van der Waals surface area (Å²) in [6.07, 6.45) is -10.7. The van der Waals surface area contributed by atoms with E-state index >= 15 is 0 Å². The third-order valence-corrected chi connectivity index (χ3v) is 7.15. The molecule has 1 fully saturated rings. The Balaban J connectivity index is 1.58. The second-order valence-electron chi connectivity index (χ2n) is 9.43. The van der Waals surface area contributed by atoms with Crippen molar-refractivity contribution >= 4 is 29.1 Å². The molecule has 0 saturated heterocycles. The number of halogens is 8. The van der Waals surface area contributed by atoms with Gasteiger partial charge in [-0.05, 0) is 55.2 Å². The number of alkyl halides is 6. The normalized spacial score (nSPS) is 23.0. The molecular weight excluding hydrogens is 559 g/mol. The van der Waals surface area contributed by atoms with Gasteiger partial charge in [-0.3, -0.25) is 9.59 Å². The highest BCUT2D eigenvalue weighted by Gasteiger charge is 2.64. The Bertz CT molecular complexity index is 1350. The molecule has 0 radical (unpaired) electrons. The number of rotatable bonds is 5. The average Bonchev–Trinajstić information content (AvgIpc) is 3.28. The van der Waals surface area contributed by atoms with Crippen LogP contribution in [0.2, 0.25) is 5.02 Å². The Morgan fingerprint density at radius 1 is 1.10 bits per heavy atom. The number of nitrogens with one attached hydrogen (secondary N) is 2. The summed E-state index contributed by atoms with van der Waals surface area (Å²) in [6.45, 7) is 1.53. The van der Waals surface area contributed by atoms with Gasteiger partial charge < -0.3 is 15.5 Å². The lowest BCUT2D eigenvalue weighted by Crippen LogP contribution is -2.49. The lowest BCUT2D eigenvalue weighted by molar-refractivity contribution is -0.276. The monoisotopic (exact) mass is 579 g/mol. The number of carbonyl (C=O) groups is 2. The van der Waals surface area contributed by atoms with E-state index in [1.54, 1.807) is 0 Å². The second kappa shape index (κ2) is 10.00. The van der Waals surface area contributed by atoms with Gasteiger partial charge in [-0.2, -0.15) is 26.3 Å². The van der Waals surface area contributed by atoms with Crippen LogP contribution in [0.1, 0.15) is 51.9 Å². The lowest BCUT2D eigenvalue weighted by Gasteiger charge is -2.34. The molecule has 210 valence electrons. The molecule has 2 amide bonds. The van der Waals surface area contributed by atoms with Gasteiger partial charge in [-0.25, -0.2) is 4.39 Å². The summed E-state index contributed by atoms with van der Waals surface area (Å²) in [5, 5.41) is 7.62. The molecule has 2 N–H and O–H groups in total. The fourth-order valence-corrected chi connectivity index (χ4v) is 4.82. The smallest absolute Gasteiger partial charge is 0.374 e. The molecule has 2 aliphatic rings. The van der Waals surface area contributed by atoms with Crippen molar-refractivity contribution in [2.45, 2.75) is 50.2 Å². The quantitative estimate of drug-likeness (QED) is 0.450. The van der Waals surface area contributed by atoms with Crippen molar-refractivity contribution in [1.29, 1.82) is 0 Å². The fraction of sp³-hybridized carbons (Fsp3) is 0.400. The maximum atomic E-state index is 14.8. The number of aryl methyl sites for hydroxylation is 1. The Labute approximate surface area is 222 Å². The summed E-state index contributed by atoms with van der Waals surface area (Å²) in [7, 11) is 1.52. The highest BCUT2D eigenvalue weighted by molar-refractivity contribution is 6.30. The number of hydrogen-bond donors (Lipinski definition) is 2. The van der Waals surface area contributed by atoms with E-state index in [1.807, 2.05) is 0 Å². The second-order valence-corrected chi connectivity index (χ2v) is 9.84. The van der Waals surface area contributed by atoms with E-state index in [4.69, 9.17) is 11.6 Å². The van der Waals surface area contributed by atoms with E-state index in [1.165, 1.54) is 32.2 Å². The van der Waals surface area contributed by atoms with E-state index in [-0.39, 0.29) is 46.8 Å². The van der Waals surface area contributed by atoms with Gasteiger partial charge in [-0.1, -0.05) is 22.8 Å². The summed E-state index contributed by atoms with van der Waals surface area (Å²) in [5.74, 6) is -2.48. The van der Waals surface area contributed by atoms with Gasteiger partial charge in [0.05, 0.1) is 22.7 Å². The molecule has 6 nitrogen and oxygen atoms in total. The van der Waals surface area contributed by atoms with Gasteiger partial charge in [0, 0.05) is 30.1 Å². The van der Waals surface area contributed by atoms with E-state index in [9.17, 15) is 40.3 Å². The molecule has 0 unspecified atom stereocenters. The van der Waals surface area contributed by atoms with Crippen LogP contribution in [0.15, 0.2) is 35.5 Å². The van der Waals surface area contributed by atoms with Crippen molar-refractivity contribution in [3.05, 3.63) is 69.0 Å². The van der Waals surface area contributed by atoms with Gasteiger partial charge in [0.1, 0.15) is 5.82 Å². The van der Waals surface area contributed by atoms with Crippen LogP contribution in [0.25, 0.3) is 0 Å². The molecule has 1 saturated carbocycles. The summed E-state index contributed by atoms with van der Waals surface area (Å²) in [5.41, 5.74) is -6.22. The van der Waals surface area contributed by atoms with Crippen molar-refractivity contribution in [2.24, 2.45) is 11.1 Å². The zero-order chi connectivity index (χ0) is 28.9. The molecule has 0 spiro atoms. The molecule has 14 heteroatoms. The first kappa shape index (κ1) is 28.7. The van der Waals surface area contributed by atoms with Gasteiger partial charge in [0.15, 0.2) is 0 Å². The van der Waals surface area contributed by atoms with Crippen LogP contribution in [-0.4, -0.2) is 36.8 Å². The first-order valence-corrected chi connectivity index (χ1v) is 12.0. The van der Waals surface area contributed by atoms with E-state index in [0.717, 1.165) is 0 Å². The summed E-state index contributed by atoms with van der Waals surface area (Å²) >= 11 is 5.53.